The summed E-state index contributed by atoms with van der Waals surface area (Å²) in [6, 6.07) is 29.0. The van der Waals surface area contributed by atoms with E-state index in [4.69, 9.17) is 7.92 Å². The molecule has 4 aromatic carbocycles. The van der Waals surface area contributed by atoms with Crippen LogP contribution in [0.3, 0.4) is 0 Å². The Kier molecular flexibility index (Phi) is 14.9. The van der Waals surface area contributed by atoms with Gasteiger partial charge in [-0.25, -0.2) is 0 Å². The predicted octanol–water partition coefficient (Wildman–Crippen LogP) is 4.78. The number of Topliss-reactive ketones (excluding diaryl/α,β-unsaturated/α-hetero) is 2. The fourth-order valence-corrected chi connectivity index (χ4v) is 6.51. The molecule has 0 saturated heterocycles. The summed E-state index contributed by atoms with van der Waals surface area (Å²) in [4.78, 5) is 25.8. The van der Waals surface area contributed by atoms with Crippen LogP contribution >= 0.6 is 0 Å². The molecular formula is C39H39Cl2FeN3O2. The molecule has 0 spiro atoms. The number of nitrogens with zero attached hydrogens (tertiary/aromatic N) is 3. The van der Waals surface area contributed by atoms with Crippen LogP contribution in [0.15, 0.2) is 99.1 Å². The summed E-state index contributed by atoms with van der Waals surface area (Å²) < 4.78 is 9.82. The van der Waals surface area contributed by atoms with Gasteiger partial charge >= 0.3 is 204 Å². The van der Waals surface area contributed by atoms with Gasteiger partial charge in [0.25, 0.3) is 0 Å². The van der Waals surface area contributed by atoms with Crippen LogP contribution in [-0.2, 0) is 14.6 Å². The van der Waals surface area contributed by atoms with Crippen LogP contribution in [0, 0.1) is 41.5 Å². The molecular weight excluding hydrogens is 669 g/mol. The van der Waals surface area contributed by atoms with Crippen LogP contribution in [-0.4, -0.2) is 16.6 Å². The number of aryl methyl sites for hydroxylation is 6. The second-order valence-corrected chi connectivity index (χ2v) is 12.0. The van der Waals surface area contributed by atoms with Gasteiger partial charge in [-0.15, -0.1) is 0 Å². The van der Waals surface area contributed by atoms with Crippen molar-refractivity contribution in [1.29, 1.82) is 0 Å². The number of carbonyl (C=O) groups excluding carboxylic acids is 2. The van der Waals surface area contributed by atoms with Gasteiger partial charge in [0.2, 0.25) is 0 Å². The number of hydrogen-bond acceptors (Lipinski definition) is 5. The molecule has 8 heteroatoms. The minimum Gasteiger partial charge on any atom is -1.00 e. The zero-order valence-electron chi connectivity index (χ0n) is 27.9. The first kappa shape index (κ1) is 39.2. The number of rotatable bonds is 6. The van der Waals surface area contributed by atoms with Crippen molar-refractivity contribution < 1.29 is 49.0 Å². The first-order valence-electron chi connectivity index (χ1n) is 14.8. The van der Waals surface area contributed by atoms with Crippen molar-refractivity contribution in [2.45, 2.75) is 55.4 Å². The molecule has 1 aromatic heterocycles. The molecule has 1 heterocycles. The Hall–Kier alpha value is -3.93. The molecule has 0 amide bonds. The van der Waals surface area contributed by atoms with Gasteiger partial charge < -0.3 is 24.8 Å². The monoisotopic (exact) mass is 707 g/mol. The molecule has 0 aliphatic carbocycles. The maximum Gasteiger partial charge on any atom is -1.00 e. The summed E-state index contributed by atoms with van der Waals surface area (Å²) in [6.45, 7) is 15.8. The first-order valence-corrected chi connectivity index (χ1v) is 15.8. The van der Waals surface area contributed by atoms with Gasteiger partial charge in [-0.2, -0.15) is 0 Å². The number of pyridine rings is 1. The van der Waals surface area contributed by atoms with E-state index in [1.165, 1.54) is 75.7 Å². The fourth-order valence-electron chi connectivity index (χ4n) is 5.78. The van der Waals surface area contributed by atoms with Crippen LogP contribution < -0.4 is 24.8 Å². The van der Waals surface area contributed by atoms with E-state index in [1.807, 2.05) is 12.1 Å². The van der Waals surface area contributed by atoms with E-state index in [1.54, 1.807) is 12.1 Å². The van der Waals surface area contributed by atoms with Gasteiger partial charge in [0.05, 0.1) is 0 Å². The Bertz CT molecular complexity index is 1800. The normalized spacial score (nSPS) is 9.96. The van der Waals surface area contributed by atoms with E-state index < -0.39 is 0 Å². The molecule has 5 rings (SSSR count). The standard InChI is InChI=1S/2C15H15N.C9H9NO2.2ClH.Fe/c2*1-10-8-11(2)15(12(3)9-10)13-6-4-5-7-14(13)16;1-6(11)8-4-3-5-10-9(8)7(2)12;;;/h2*4-9H,1-3H3;3-5H,1-2H3;2*1H;/q;;;;;+2/p-2. The van der Waals surface area contributed by atoms with Crippen LogP contribution in [0.1, 0.15) is 68.1 Å². The zero-order valence-corrected chi connectivity index (χ0v) is 30.5. The van der Waals surface area contributed by atoms with Crippen LogP contribution in [0.5, 0.6) is 0 Å². The van der Waals surface area contributed by atoms with Crippen molar-refractivity contribution in [3.8, 4) is 22.3 Å². The summed E-state index contributed by atoms with van der Waals surface area (Å²) in [5.74, 6) is -0.311. The van der Waals surface area contributed by atoms with Crippen molar-refractivity contribution in [2.75, 3.05) is 0 Å². The Morgan fingerprint density at radius 2 is 0.979 bits per heavy atom. The van der Waals surface area contributed by atoms with Gasteiger partial charge in [-0.3, -0.25) is 14.6 Å². The van der Waals surface area contributed by atoms with Crippen molar-refractivity contribution in [2.24, 2.45) is 7.92 Å². The van der Waals surface area contributed by atoms with Crippen molar-refractivity contribution >= 4 is 22.9 Å². The van der Waals surface area contributed by atoms with Crippen LogP contribution in [0.4, 0.5) is 11.4 Å². The number of halogens is 2. The summed E-state index contributed by atoms with van der Waals surface area (Å²) in [5, 5.41) is 0. The number of hydrogen-bond donors (Lipinski definition) is 0. The van der Waals surface area contributed by atoms with Crippen molar-refractivity contribution in [1.82, 2.24) is 4.98 Å². The molecule has 5 nitrogen and oxygen atoms in total. The van der Waals surface area contributed by atoms with E-state index >= 15 is 0 Å². The maximum atomic E-state index is 11.0. The fraction of sp³-hybridized carbons (Fsp3) is 0.205. The molecule has 0 N–H and O–H groups in total. The molecule has 0 aliphatic heterocycles. The zero-order chi connectivity index (χ0) is 32.7. The van der Waals surface area contributed by atoms with Crippen molar-refractivity contribution in [3.63, 3.8) is 0 Å². The minimum atomic E-state index is -0.180. The predicted molar refractivity (Wildman–Crippen MR) is 181 cm³/mol. The molecule has 0 aliphatic rings. The summed E-state index contributed by atoms with van der Waals surface area (Å²) in [5.41, 5.74) is 15.2. The third-order valence-electron chi connectivity index (χ3n) is 7.46. The van der Waals surface area contributed by atoms with Crippen LogP contribution in [0.25, 0.3) is 22.3 Å². The average molecular weight is 709 g/mol. The maximum absolute atomic E-state index is 11.0. The Labute approximate surface area is 296 Å². The quantitative estimate of drug-likeness (QED) is 0.189. The molecule has 0 saturated carbocycles. The number of ketones is 2. The Morgan fingerprint density at radius 3 is 1.34 bits per heavy atom. The second-order valence-electron chi connectivity index (χ2n) is 11.3. The third kappa shape index (κ3) is 9.79. The van der Waals surface area contributed by atoms with Gasteiger partial charge in [0.1, 0.15) is 5.69 Å². The van der Waals surface area contributed by atoms with E-state index in [0.29, 0.717) is 20.1 Å². The average Bonchev–Trinajstić information content (AvgIpc) is 2.98. The summed E-state index contributed by atoms with van der Waals surface area (Å²) in [6.07, 6.45) is 1.50. The van der Waals surface area contributed by atoms with Crippen molar-refractivity contribution in [3.05, 3.63) is 136 Å². The number of carbonyl (C=O) groups is 2. The number of benzene rings is 4. The van der Waals surface area contributed by atoms with E-state index in [0.717, 1.165) is 11.4 Å². The van der Waals surface area contributed by atoms with E-state index in [2.05, 4.69) is 107 Å². The molecule has 5 aromatic rings. The second kappa shape index (κ2) is 17.8. The Morgan fingerprint density at radius 1 is 0.574 bits per heavy atom. The van der Waals surface area contributed by atoms with Gasteiger partial charge in [-0.1, -0.05) is 0 Å². The molecule has 0 bridgehead atoms. The summed E-state index contributed by atoms with van der Waals surface area (Å²) in [7, 11) is 0. The largest absolute Gasteiger partial charge is 1.00 e. The number of aromatic nitrogens is 1. The molecule has 0 radical (unpaired) electrons. The first-order chi connectivity index (χ1) is 21.5. The summed E-state index contributed by atoms with van der Waals surface area (Å²) >= 11 is 0.391. The molecule has 0 atom stereocenters. The third-order valence-corrected chi connectivity index (χ3v) is 8.22. The molecule has 0 fully saturated rings. The topological polar surface area (TPSA) is 71.8 Å². The van der Waals surface area contributed by atoms with Gasteiger partial charge in [0.15, 0.2) is 11.6 Å². The van der Waals surface area contributed by atoms with E-state index in [-0.39, 0.29) is 42.1 Å². The van der Waals surface area contributed by atoms with Gasteiger partial charge in [-0.05, 0) is 19.1 Å². The minimum absolute atomic E-state index is 0. The molecule has 47 heavy (non-hydrogen) atoms. The smallest absolute Gasteiger partial charge is 1.00 e. The SMILES string of the molecule is CC(=O)c1cccnc1C(C)=O.Cc1cc(C)c(-c2ccccc2[N]=[Fe+2]=[N]c2ccccc2-c2c(C)cc(C)cc2C)c(C)c1.[Cl-].[Cl-]. The molecule has 244 valence electrons. The van der Waals surface area contributed by atoms with E-state index in [9.17, 15) is 9.59 Å². The van der Waals surface area contributed by atoms with Crippen LogP contribution in [0.2, 0.25) is 0 Å². The van der Waals surface area contributed by atoms with Gasteiger partial charge in [0, 0.05) is 18.7 Å². The Balaban J connectivity index is 0.000000466. The molecule has 0 unspecified atom stereocenters.